The van der Waals surface area contributed by atoms with Gasteiger partial charge >= 0.3 is 0 Å². The summed E-state index contributed by atoms with van der Waals surface area (Å²) in [6.07, 6.45) is 1.92. The molecule has 2 aromatic rings. The molecule has 0 saturated carbocycles. The molecule has 5 rings (SSSR count). The van der Waals surface area contributed by atoms with Crippen molar-refractivity contribution in [3.8, 4) is 28.4 Å². The highest BCUT2D eigenvalue weighted by Crippen LogP contribution is 2.42. The Morgan fingerprint density at radius 3 is 2.52 bits per heavy atom. The lowest BCUT2D eigenvalue weighted by Gasteiger charge is -2.11. The molecule has 2 aromatic carbocycles. The van der Waals surface area contributed by atoms with Crippen molar-refractivity contribution in [2.45, 2.75) is 0 Å². The highest BCUT2D eigenvalue weighted by Gasteiger charge is 2.33. The fraction of sp³-hybridized carbons (Fsp3) is 0.100. The largest absolute Gasteiger partial charge is 0.493 e. The predicted octanol–water partition coefficient (Wildman–Crippen LogP) is 3.69. The van der Waals surface area contributed by atoms with Gasteiger partial charge in [-0.05, 0) is 18.2 Å². The molecule has 5 heteroatoms. The second kappa shape index (κ2) is 4.83. The number of para-hydroxylation sites is 1. The molecule has 5 nitrogen and oxygen atoms in total. The number of fused-ring (bicyclic) bond motifs is 7. The Balaban J connectivity index is 1.84. The Kier molecular flexibility index (Phi) is 2.71. The maximum absolute atomic E-state index is 13.1. The summed E-state index contributed by atoms with van der Waals surface area (Å²) in [5, 5.41) is 1.06. The number of ether oxygens (including phenoxy) is 2. The molecule has 25 heavy (non-hydrogen) atoms. The van der Waals surface area contributed by atoms with Crippen LogP contribution in [0.4, 0.5) is 0 Å². The third-order valence-electron chi connectivity index (χ3n) is 4.76. The summed E-state index contributed by atoms with van der Waals surface area (Å²) >= 11 is 0. The predicted molar refractivity (Wildman–Crippen MR) is 94.2 cm³/mol. The van der Waals surface area contributed by atoms with Crippen LogP contribution in [0.25, 0.3) is 27.8 Å². The highest BCUT2D eigenvalue weighted by atomic mass is 16.5. The number of pyridine rings is 1. The first-order valence-electron chi connectivity index (χ1n) is 7.94. The Morgan fingerprint density at radius 2 is 1.72 bits per heavy atom. The van der Waals surface area contributed by atoms with Crippen LogP contribution in [-0.2, 0) is 0 Å². The fourth-order valence-electron chi connectivity index (χ4n) is 3.59. The maximum Gasteiger partial charge on any atom is 0.214 e. The molecule has 0 N–H and O–H groups in total. The van der Waals surface area contributed by atoms with Crippen LogP contribution in [0.15, 0.2) is 48.7 Å². The van der Waals surface area contributed by atoms with Crippen molar-refractivity contribution in [3.63, 3.8) is 0 Å². The second-order valence-corrected chi connectivity index (χ2v) is 5.98. The van der Waals surface area contributed by atoms with E-state index >= 15 is 0 Å². The van der Waals surface area contributed by atoms with Crippen molar-refractivity contribution in [2.75, 3.05) is 14.2 Å². The number of methoxy groups -OCH3 is 2. The van der Waals surface area contributed by atoms with Gasteiger partial charge in [0.25, 0.3) is 0 Å². The Bertz CT molecular complexity index is 1140. The van der Waals surface area contributed by atoms with Crippen LogP contribution in [0.2, 0.25) is 0 Å². The average molecular weight is 330 g/mol. The summed E-state index contributed by atoms with van der Waals surface area (Å²) < 4.78 is 12.6. The molecule has 0 amide bonds. The van der Waals surface area contributed by atoms with Crippen molar-refractivity contribution >= 4 is 16.7 Å². The van der Waals surface area contributed by atoms with Gasteiger partial charge in [0.1, 0.15) is 5.69 Å². The molecule has 0 radical (unpaired) electrons. The van der Waals surface area contributed by atoms with Gasteiger partial charge in [-0.1, -0.05) is 18.2 Å². The quantitative estimate of drug-likeness (QED) is 0.495. The van der Waals surface area contributed by atoms with Crippen molar-refractivity contribution in [1.82, 2.24) is 9.55 Å². The molecule has 0 unspecified atom stereocenters. The van der Waals surface area contributed by atoms with Crippen LogP contribution in [-0.4, -0.2) is 29.6 Å². The molecule has 0 saturated heterocycles. The molecule has 3 aliphatic rings. The minimum absolute atomic E-state index is 0.0515. The molecule has 0 aromatic heterocycles. The van der Waals surface area contributed by atoms with E-state index in [9.17, 15) is 4.79 Å². The minimum Gasteiger partial charge on any atom is -0.493 e. The summed E-state index contributed by atoms with van der Waals surface area (Å²) in [5.41, 5.74) is 4.57. The summed E-state index contributed by atoms with van der Waals surface area (Å²) in [7, 11) is 3.15. The van der Waals surface area contributed by atoms with Crippen LogP contribution in [0.1, 0.15) is 16.1 Å². The van der Waals surface area contributed by atoms with E-state index < -0.39 is 0 Å². The van der Waals surface area contributed by atoms with Crippen LogP contribution in [0, 0.1) is 0 Å². The molecular weight excluding hydrogens is 316 g/mol. The second-order valence-electron chi connectivity index (χ2n) is 5.98. The number of hydrogen-bond donors (Lipinski definition) is 0. The van der Waals surface area contributed by atoms with Gasteiger partial charge in [0, 0.05) is 23.2 Å². The van der Waals surface area contributed by atoms with E-state index in [1.807, 2.05) is 47.2 Å². The van der Waals surface area contributed by atoms with E-state index in [2.05, 4.69) is 0 Å². The fourth-order valence-corrected chi connectivity index (χ4v) is 3.59. The molecule has 0 aliphatic carbocycles. The number of nitrogens with zero attached hydrogens (tertiary/aromatic N) is 2. The zero-order valence-corrected chi connectivity index (χ0v) is 13.7. The number of aromatic nitrogens is 2. The lowest BCUT2D eigenvalue weighted by molar-refractivity contribution is 0.104. The number of benzene rings is 2. The van der Waals surface area contributed by atoms with Crippen molar-refractivity contribution in [2.24, 2.45) is 0 Å². The smallest absolute Gasteiger partial charge is 0.214 e. The van der Waals surface area contributed by atoms with Crippen molar-refractivity contribution in [1.29, 1.82) is 0 Å². The lowest BCUT2D eigenvalue weighted by atomic mass is 10.0. The average Bonchev–Trinajstić information content (AvgIpc) is 3.16. The third-order valence-corrected chi connectivity index (χ3v) is 4.76. The zero-order chi connectivity index (χ0) is 17.1. The lowest BCUT2D eigenvalue weighted by Crippen LogP contribution is -2.03. The first-order chi connectivity index (χ1) is 12.2. The first-order valence-corrected chi connectivity index (χ1v) is 7.94. The van der Waals surface area contributed by atoms with Crippen molar-refractivity contribution < 1.29 is 14.3 Å². The number of carbonyl (C=O) groups excluding carboxylic acids is 1. The number of rotatable bonds is 2. The van der Waals surface area contributed by atoms with Gasteiger partial charge in [-0.25, -0.2) is 4.98 Å². The van der Waals surface area contributed by atoms with E-state index in [-0.39, 0.29) is 5.78 Å². The molecule has 3 heterocycles. The number of hydrogen-bond acceptors (Lipinski definition) is 4. The monoisotopic (exact) mass is 330 g/mol. The topological polar surface area (TPSA) is 53.4 Å². The van der Waals surface area contributed by atoms with Gasteiger partial charge in [0.15, 0.2) is 11.5 Å². The van der Waals surface area contributed by atoms with Crippen LogP contribution in [0.3, 0.4) is 0 Å². The van der Waals surface area contributed by atoms with Gasteiger partial charge in [-0.2, -0.15) is 0 Å². The summed E-state index contributed by atoms with van der Waals surface area (Å²) in [6.45, 7) is 0. The Morgan fingerprint density at radius 1 is 0.960 bits per heavy atom. The van der Waals surface area contributed by atoms with Gasteiger partial charge in [-0.3, -0.25) is 4.79 Å². The maximum atomic E-state index is 13.1. The van der Waals surface area contributed by atoms with Gasteiger partial charge in [0.05, 0.1) is 36.7 Å². The molecule has 0 bridgehead atoms. The van der Waals surface area contributed by atoms with Crippen LogP contribution >= 0.6 is 0 Å². The van der Waals surface area contributed by atoms with Crippen molar-refractivity contribution in [3.05, 3.63) is 59.9 Å². The standard InChI is InChI=1S/C20H14N2O3/c1-24-16-9-13-15(10-17(16)25-2)22-8-7-12-11-5-3-4-6-14(11)21-18(12)19(22)20(13)23/h3-10H,1-2H3. The van der Waals surface area contributed by atoms with E-state index in [1.54, 1.807) is 20.3 Å². The molecular formula is C20H14N2O3. The van der Waals surface area contributed by atoms with E-state index in [0.29, 0.717) is 22.8 Å². The summed E-state index contributed by atoms with van der Waals surface area (Å²) in [5.74, 6) is 1.08. The normalized spacial score (nSPS) is 12.5. The van der Waals surface area contributed by atoms with Crippen LogP contribution in [0.5, 0.6) is 11.5 Å². The summed E-state index contributed by atoms with van der Waals surface area (Å²) in [4.78, 5) is 17.8. The molecule has 0 spiro atoms. The minimum atomic E-state index is -0.0515. The molecule has 3 aliphatic heterocycles. The summed E-state index contributed by atoms with van der Waals surface area (Å²) in [6, 6.07) is 13.5. The zero-order valence-electron chi connectivity index (χ0n) is 13.7. The third kappa shape index (κ3) is 1.72. The van der Waals surface area contributed by atoms with Gasteiger partial charge in [0.2, 0.25) is 5.78 Å². The Hall–Kier alpha value is -3.34. The highest BCUT2D eigenvalue weighted by molar-refractivity contribution is 6.19. The van der Waals surface area contributed by atoms with E-state index in [1.165, 1.54) is 0 Å². The number of carbonyl (C=O) groups is 1. The molecule has 122 valence electrons. The molecule has 0 fully saturated rings. The first kappa shape index (κ1) is 14.0. The van der Waals surface area contributed by atoms with E-state index in [4.69, 9.17) is 14.5 Å². The molecule has 0 atom stereocenters. The SMILES string of the molecule is COc1cc2c(cc1OC)-n1ccc3c4ccccc4nc-3c1C2=O. The van der Waals surface area contributed by atoms with E-state index in [0.717, 1.165) is 27.8 Å². The van der Waals surface area contributed by atoms with Gasteiger partial charge in [-0.15, -0.1) is 0 Å². The number of ketones is 1. The van der Waals surface area contributed by atoms with Gasteiger partial charge < -0.3 is 14.0 Å². The Labute approximate surface area is 143 Å². The van der Waals surface area contributed by atoms with Crippen LogP contribution < -0.4 is 9.47 Å².